The van der Waals surface area contributed by atoms with Crippen LogP contribution in [0.5, 0.6) is 5.75 Å². The molecule has 0 amide bonds. The average Bonchev–Trinajstić information content (AvgIpc) is 2.39. The summed E-state index contributed by atoms with van der Waals surface area (Å²) in [6.07, 6.45) is 1.79. The van der Waals surface area contributed by atoms with Crippen LogP contribution >= 0.6 is 0 Å². The Morgan fingerprint density at radius 2 is 2.12 bits per heavy atom. The number of aromatic nitrogens is 1. The molecule has 0 atom stereocenters. The number of carbonyl (C=O) groups is 1. The van der Waals surface area contributed by atoms with Gasteiger partial charge < -0.3 is 19.3 Å². The van der Waals surface area contributed by atoms with E-state index < -0.39 is 5.97 Å². The Hall–Kier alpha value is -1.65. The number of aryl methyl sites for hydroxylation is 1. The first-order valence-corrected chi connectivity index (χ1v) is 5.14. The van der Waals surface area contributed by atoms with Gasteiger partial charge in [0, 0.05) is 20.3 Å². The topological polar surface area (TPSA) is 54.7 Å². The summed E-state index contributed by atoms with van der Waals surface area (Å²) in [5.41, 5.74) is 0.668. The quantitative estimate of drug-likeness (QED) is 0.782. The van der Waals surface area contributed by atoms with Gasteiger partial charge >= 0.3 is 5.97 Å². The second-order valence-electron chi connectivity index (χ2n) is 4.83. The summed E-state index contributed by atoms with van der Waals surface area (Å²) in [7, 11) is 3.65. The number of rotatable bonds is 1. The van der Waals surface area contributed by atoms with Crippen molar-refractivity contribution in [2.75, 3.05) is 18.5 Å². The molecule has 0 unspecified atom stereocenters. The maximum Gasteiger partial charge on any atom is 0.356 e. The number of ether oxygens (including phenoxy) is 1. The maximum absolute atomic E-state index is 11.2. The second kappa shape index (κ2) is 3.17. The molecule has 5 heteroatoms. The van der Waals surface area contributed by atoms with Gasteiger partial charge in [-0.05, 0) is 13.8 Å². The molecule has 0 aromatic carbocycles. The van der Waals surface area contributed by atoms with Gasteiger partial charge in [-0.15, -0.1) is 0 Å². The third-order valence-electron chi connectivity index (χ3n) is 2.73. The number of carboxylic acids is 1. The number of hydrogen-bond donors (Lipinski definition) is 1. The second-order valence-corrected chi connectivity index (χ2v) is 4.83. The number of likely N-dealkylation sites (N-methyl/N-ethyl adjacent to an activating group) is 1. The highest BCUT2D eigenvalue weighted by Gasteiger charge is 2.35. The van der Waals surface area contributed by atoms with E-state index in [0.717, 1.165) is 12.2 Å². The van der Waals surface area contributed by atoms with Crippen molar-refractivity contribution in [2.45, 2.75) is 19.4 Å². The number of carboxylic acid groups (broad SMARTS) is 1. The summed E-state index contributed by atoms with van der Waals surface area (Å²) in [5.74, 6) is -0.497. The minimum Gasteiger partial charge on any atom is -0.481 e. The van der Waals surface area contributed by atoms with E-state index in [4.69, 9.17) is 9.84 Å². The maximum atomic E-state index is 11.2. The number of fused-ring (bicyclic) bond motifs is 1. The zero-order valence-electron chi connectivity index (χ0n) is 9.94. The molecular formula is C11H16N2O3. The van der Waals surface area contributed by atoms with Crippen LogP contribution in [-0.2, 0) is 7.05 Å². The first kappa shape index (κ1) is 10.9. The van der Waals surface area contributed by atoms with Gasteiger partial charge in [-0.2, -0.15) is 0 Å². The molecule has 1 aromatic heterocycles. The van der Waals surface area contributed by atoms with Gasteiger partial charge in [0.05, 0.1) is 12.2 Å². The smallest absolute Gasteiger partial charge is 0.356 e. The zero-order chi connectivity index (χ0) is 12.1. The molecule has 0 saturated carbocycles. The molecular weight excluding hydrogens is 208 g/mol. The third kappa shape index (κ3) is 1.52. The largest absolute Gasteiger partial charge is 0.481 e. The van der Waals surface area contributed by atoms with E-state index in [2.05, 4.69) is 0 Å². The first-order chi connectivity index (χ1) is 7.32. The fourth-order valence-corrected chi connectivity index (χ4v) is 2.17. The normalized spacial score (nSPS) is 17.9. The van der Waals surface area contributed by atoms with Crippen LogP contribution in [0.15, 0.2) is 6.20 Å². The molecule has 0 fully saturated rings. The lowest BCUT2D eigenvalue weighted by Crippen LogP contribution is -2.45. The molecule has 0 radical (unpaired) electrons. The van der Waals surface area contributed by atoms with Gasteiger partial charge in [-0.1, -0.05) is 0 Å². The van der Waals surface area contributed by atoms with E-state index in [1.54, 1.807) is 17.8 Å². The Morgan fingerprint density at radius 1 is 1.50 bits per heavy atom. The van der Waals surface area contributed by atoms with Crippen LogP contribution in [0.1, 0.15) is 24.3 Å². The standard InChI is InChI=1S/C11H16N2O3/c1-11(2)6-13(4)7-5-12(3)8(10(14)15)9(7)16-11/h5H,6H2,1-4H3,(H,14,15). The summed E-state index contributed by atoms with van der Waals surface area (Å²) < 4.78 is 7.35. The minimum atomic E-state index is -0.963. The molecule has 1 aliphatic rings. The number of anilines is 1. The van der Waals surface area contributed by atoms with Crippen molar-refractivity contribution in [3.63, 3.8) is 0 Å². The lowest BCUT2D eigenvalue weighted by molar-refractivity contribution is 0.0661. The van der Waals surface area contributed by atoms with Crippen molar-refractivity contribution in [3.8, 4) is 5.75 Å². The molecule has 1 aromatic rings. The van der Waals surface area contributed by atoms with Crippen molar-refractivity contribution >= 4 is 11.7 Å². The number of aromatic carboxylic acids is 1. The number of nitrogens with zero attached hydrogens (tertiary/aromatic N) is 2. The Bertz CT molecular complexity index is 448. The Balaban J connectivity index is 2.58. The van der Waals surface area contributed by atoms with Crippen LogP contribution in [0.2, 0.25) is 0 Å². The zero-order valence-corrected chi connectivity index (χ0v) is 9.94. The van der Waals surface area contributed by atoms with Crippen LogP contribution in [0.3, 0.4) is 0 Å². The van der Waals surface area contributed by atoms with E-state index in [1.807, 2.05) is 25.8 Å². The summed E-state index contributed by atoms with van der Waals surface area (Å²) >= 11 is 0. The Morgan fingerprint density at radius 3 is 2.69 bits per heavy atom. The van der Waals surface area contributed by atoms with Crippen molar-refractivity contribution in [1.82, 2.24) is 4.57 Å². The molecule has 0 spiro atoms. The minimum absolute atomic E-state index is 0.203. The van der Waals surface area contributed by atoms with Crippen LogP contribution in [0, 0.1) is 0 Å². The molecule has 1 aliphatic heterocycles. The molecule has 5 nitrogen and oxygen atoms in total. The molecule has 2 rings (SSSR count). The lowest BCUT2D eigenvalue weighted by Gasteiger charge is -2.37. The van der Waals surface area contributed by atoms with Crippen molar-refractivity contribution in [2.24, 2.45) is 7.05 Å². The van der Waals surface area contributed by atoms with Crippen molar-refractivity contribution < 1.29 is 14.6 Å². The molecule has 16 heavy (non-hydrogen) atoms. The van der Waals surface area contributed by atoms with Gasteiger partial charge in [0.15, 0.2) is 11.4 Å². The molecule has 2 heterocycles. The highest BCUT2D eigenvalue weighted by Crippen LogP contribution is 2.40. The highest BCUT2D eigenvalue weighted by atomic mass is 16.5. The Labute approximate surface area is 94.2 Å². The highest BCUT2D eigenvalue weighted by molar-refractivity contribution is 5.92. The molecule has 0 saturated heterocycles. The van der Waals surface area contributed by atoms with E-state index in [9.17, 15) is 4.79 Å². The van der Waals surface area contributed by atoms with Gasteiger partial charge in [0.25, 0.3) is 0 Å². The van der Waals surface area contributed by atoms with E-state index >= 15 is 0 Å². The van der Waals surface area contributed by atoms with Crippen LogP contribution < -0.4 is 9.64 Å². The predicted molar refractivity (Wildman–Crippen MR) is 60.3 cm³/mol. The van der Waals surface area contributed by atoms with Gasteiger partial charge in [-0.25, -0.2) is 4.79 Å². The monoisotopic (exact) mass is 224 g/mol. The van der Waals surface area contributed by atoms with Crippen LogP contribution in [0.4, 0.5) is 5.69 Å². The number of hydrogen-bond acceptors (Lipinski definition) is 3. The lowest BCUT2D eigenvalue weighted by atomic mass is 10.1. The van der Waals surface area contributed by atoms with E-state index in [1.165, 1.54) is 0 Å². The van der Waals surface area contributed by atoms with Crippen LogP contribution in [0.25, 0.3) is 0 Å². The molecule has 88 valence electrons. The average molecular weight is 224 g/mol. The van der Waals surface area contributed by atoms with Crippen LogP contribution in [-0.4, -0.2) is 34.8 Å². The van der Waals surface area contributed by atoms with Crippen molar-refractivity contribution in [3.05, 3.63) is 11.9 Å². The van der Waals surface area contributed by atoms with Gasteiger partial charge in [-0.3, -0.25) is 0 Å². The summed E-state index contributed by atoms with van der Waals surface area (Å²) in [6.45, 7) is 4.64. The summed E-state index contributed by atoms with van der Waals surface area (Å²) in [4.78, 5) is 13.2. The molecule has 1 N–H and O–H groups in total. The predicted octanol–water partition coefficient (Wildman–Crippen LogP) is 1.33. The summed E-state index contributed by atoms with van der Waals surface area (Å²) in [5, 5.41) is 9.15. The fraction of sp³-hybridized carbons (Fsp3) is 0.545. The Kier molecular flexibility index (Phi) is 2.15. The van der Waals surface area contributed by atoms with Crippen molar-refractivity contribution in [1.29, 1.82) is 0 Å². The third-order valence-corrected chi connectivity index (χ3v) is 2.73. The molecule has 0 aliphatic carbocycles. The van der Waals surface area contributed by atoms with Gasteiger partial charge in [0.2, 0.25) is 0 Å². The fourth-order valence-electron chi connectivity index (χ4n) is 2.17. The molecule has 0 bridgehead atoms. The first-order valence-electron chi connectivity index (χ1n) is 5.14. The van der Waals surface area contributed by atoms with E-state index in [-0.39, 0.29) is 11.3 Å². The SMILES string of the molecule is CN1CC(C)(C)Oc2c1cn(C)c2C(=O)O. The van der Waals surface area contributed by atoms with E-state index in [0.29, 0.717) is 5.75 Å². The summed E-state index contributed by atoms with van der Waals surface area (Å²) in [6, 6.07) is 0. The van der Waals surface area contributed by atoms with Gasteiger partial charge in [0.1, 0.15) is 5.60 Å².